The van der Waals surface area contributed by atoms with Gasteiger partial charge in [0, 0.05) is 0 Å². The van der Waals surface area contributed by atoms with Crippen LogP contribution in [0.15, 0.2) is 35.8 Å². The maximum absolute atomic E-state index is 5.63. The number of benzene rings is 1. The number of fused-ring (bicyclic) bond motifs is 1. The monoisotopic (exact) mass is 188 g/mol. The molecule has 0 saturated carbocycles. The molecule has 0 spiro atoms. The van der Waals surface area contributed by atoms with Gasteiger partial charge < -0.3 is 9.31 Å². The Morgan fingerprint density at radius 1 is 1.29 bits per heavy atom. The van der Waals surface area contributed by atoms with Crippen molar-refractivity contribution in [1.29, 1.82) is 0 Å². The average molecular weight is 188 g/mol. The highest BCUT2D eigenvalue weighted by Gasteiger charge is 2.32. The van der Waals surface area contributed by atoms with Crippen LogP contribution >= 0.6 is 0 Å². The van der Waals surface area contributed by atoms with Gasteiger partial charge in [-0.05, 0) is 30.9 Å². The molecule has 2 rings (SSSR count). The van der Waals surface area contributed by atoms with E-state index in [1.807, 2.05) is 31.2 Å². The molecule has 72 valence electrons. The standard InChI is InChI=1S/C11H13BO2/c1-3-6-9(2)12-13-10-7-4-5-8-11(10)14-12/h4-8H,3H2,1-2H3/b9-6+. The third kappa shape index (κ3) is 1.62. The molecule has 0 fully saturated rings. The number of para-hydroxylation sites is 2. The van der Waals surface area contributed by atoms with E-state index in [1.54, 1.807) is 0 Å². The van der Waals surface area contributed by atoms with Gasteiger partial charge in [-0.25, -0.2) is 0 Å². The summed E-state index contributed by atoms with van der Waals surface area (Å²) in [6.45, 7) is 4.13. The molecule has 0 N–H and O–H groups in total. The van der Waals surface area contributed by atoms with Crippen molar-refractivity contribution in [2.45, 2.75) is 20.3 Å². The second kappa shape index (κ2) is 3.78. The van der Waals surface area contributed by atoms with Gasteiger partial charge in [0.15, 0.2) is 0 Å². The number of rotatable bonds is 2. The molecule has 1 aliphatic rings. The molecule has 0 unspecified atom stereocenters. The summed E-state index contributed by atoms with van der Waals surface area (Å²) in [7, 11) is -0.229. The minimum atomic E-state index is -0.229. The third-order valence-electron chi connectivity index (χ3n) is 2.22. The maximum Gasteiger partial charge on any atom is 0.627 e. The van der Waals surface area contributed by atoms with Gasteiger partial charge in [-0.15, -0.1) is 0 Å². The molecule has 1 heterocycles. The van der Waals surface area contributed by atoms with Crippen molar-refractivity contribution in [2.24, 2.45) is 0 Å². The molecular weight excluding hydrogens is 175 g/mol. The zero-order valence-electron chi connectivity index (χ0n) is 8.49. The lowest BCUT2D eigenvalue weighted by Crippen LogP contribution is -2.26. The Labute approximate surface area is 84.7 Å². The Morgan fingerprint density at radius 2 is 1.86 bits per heavy atom. The van der Waals surface area contributed by atoms with Gasteiger partial charge in [-0.2, -0.15) is 0 Å². The highest BCUT2D eigenvalue weighted by Crippen LogP contribution is 2.34. The van der Waals surface area contributed by atoms with E-state index in [9.17, 15) is 0 Å². The fraction of sp³-hybridized carbons (Fsp3) is 0.273. The first-order valence-electron chi connectivity index (χ1n) is 4.90. The van der Waals surface area contributed by atoms with Crippen LogP contribution in [0.4, 0.5) is 0 Å². The smallest absolute Gasteiger partial charge is 0.519 e. The minimum Gasteiger partial charge on any atom is -0.519 e. The summed E-state index contributed by atoms with van der Waals surface area (Å²) in [5.41, 5.74) is 1.13. The average Bonchev–Trinajstić information content (AvgIpc) is 2.61. The molecule has 0 radical (unpaired) electrons. The fourth-order valence-electron chi connectivity index (χ4n) is 1.50. The SMILES string of the molecule is CC/C=C(\C)B1Oc2ccccc2O1. The highest BCUT2D eigenvalue weighted by molar-refractivity contribution is 6.56. The Balaban J connectivity index is 2.15. The lowest BCUT2D eigenvalue weighted by Gasteiger charge is -2.03. The molecule has 1 aliphatic heterocycles. The van der Waals surface area contributed by atoms with Crippen molar-refractivity contribution in [3.8, 4) is 11.5 Å². The largest absolute Gasteiger partial charge is 0.627 e. The maximum atomic E-state index is 5.63. The predicted molar refractivity (Wildman–Crippen MR) is 57.5 cm³/mol. The highest BCUT2D eigenvalue weighted by atomic mass is 16.6. The summed E-state index contributed by atoms with van der Waals surface area (Å²) in [5.74, 6) is 1.67. The zero-order chi connectivity index (χ0) is 9.97. The van der Waals surface area contributed by atoms with Gasteiger partial charge in [-0.1, -0.05) is 25.1 Å². The van der Waals surface area contributed by atoms with Gasteiger partial charge in [-0.3, -0.25) is 0 Å². The number of hydrogen-bond donors (Lipinski definition) is 0. The first-order chi connectivity index (χ1) is 6.81. The Hall–Kier alpha value is -1.38. The van der Waals surface area contributed by atoms with Crippen molar-refractivity contribution in [3.63, 3.8) is 0 Å². The molecule has 0 bridgehead atoms. The van der Waals surface area contributed by atoms with E-state index in [0.717, 1.165) is 23.4 Å². The summed E-state index contributed by atoms with van der Waals surface area (Å²) >= 11 is 0. The van der Waals surface area contributed by atoms with E-state index in [-0.39, 0.29) is 7.12 Å². The summed E-state index contributed by atoms with van der Waals surface area (Å²) in [6.07, 6.45) is 3.13. The first kappa shape index (κ1) is 9.19. The van der Waals surface area contributed by atoms with Crippen LogP contribution < -0.4 is 9.31 Å². The van der Waals surface area contributed by atoms with Crippen LogP contribution in [0.1, 0.15) is 20.3 Å². The third-order valence-corrected chi connectivity index (χ3v) is 2.22. The zero-order valence-corrected chi connectivity index (χ0v) is 8.49. The van der Waals surface area contributed by atoms with Gasteiger partial charge in [0.2, 0.25) is 0 Å². The fourth-order valence-corrected chi connectivity index (χ4v) is 1.50. The van der Waals surface area contributed by atoms with Gasteiger partial charge in [0.05, 0.1) is 0 Å². The van der Waals surface area contributed by atoms with Crippen LogP contribution in [0.5, 0.6) is 11.5 Å². The van der Waals surface area contributed by atoms with Crippen LogP contribution in [-0.4, -0.2) is 7.12 Å². The Morgan fingerprint density at radius 3 is 2.36 bits per heavy atom. The molecule has 2 nitrogen and oxygen atoms in total. The van der Waals surface area contributed by atoms with E-state index < -0.39 is 0 Å². The number of allylic oxidation sites excluding steroid dienone is 2. The molecule has 0 saturated heterocycles. The number of hydrogen-bond acceptors (Lipinski definition) is 2. The summed E-state index contributed by atoms with van der Waals surface area (Å²) in [6, 6.07) is 7.75. The van der Waals surface area contributed by atoms with Crippen molar-refractivity contribution >= 4 is 7.12 Å². The lowest BCUT2D eigenvalue weighted by molar-refractivity contribution is 0.511. The van der Waals surface area contributed by atoms with Crippen LogP contribution in [0.2, 0.25) is 0 Å². The molecule has 0 atom stereocenters. The van der Waals surface area contributed by atoms with Crippen molar-refractivity contribution in [2.75, 3.05) is 0 Å². The molecule has 0 amide bonds. The molecule has 1 aromatic carbocycles. The Bertz CT molecular complexity index is 335. The van der Waals surface area contributed by atoms with Gasteiger partial charge >= 0.3 is 7.12 Å². The quantitative estimate of drug-likeness (QED) is 0.664. The molecular formula is C11H13BO2. The first-order valence-corrected chi connectivity index (χ1v) is 4.90. The lowest BCUT2D eigenvalue weighted by atomic mass is 9.79. The summed E-state index contributed by atoms with van der Waals surface area (Å²) in [5, 5.41) is 0. The topological polar surface area (TPSA) is 18.5 Å². The summed E-state index contributed by atoms with van der Waals surface area (Å²) < 4.78 is 11.3. The van der Waals surface area contributed by atoms with Crippen LogP contribution in [0, 0.1) is 0 Å². The van der Waals surface area contributed by atoms with Crippen molar-refractivity contribution < 1.29 is 9.31 Å². The van der Waals surface area contributed by atoms with Crippen molar-refractivity contribution in [1.82, 2.24) is 0 Å². The Kier molecular flexibility index (Phi) is 2.48. The second-order valence-electron chi connectivity index (χ2n) is 3.37. The molecule has 3 heteroatoms. The van der Waals surface area contributed by atoms with Gasteiger partial charge in [0.25, 0.3) is 0 Å². The van der Waals surface area contributed by atoms with E-state index in [2.05, 4.69) is 13.0 Å². The summed E-state index contributed by atoms with van der Waals surface area (Å²) in [4.78, 5) is 0. The normalized spacial score (nSPS) is 14.7. The van der Waals surface area contributed by atoms with Crippen LogP contribution in [0.3, 0.4) is 0 Å². The van der Waals surface area contributed by atoms with Crippen LogP contribution in [0.25, 0.3) is 0 Å². The second-order valence-corrected chi connectivity index (χ2v) is 3.37. The van der Waals surface area contributed by atoms with E-state index >= 15 is 0 Å². The van der Waals surface area contributed by atoms with Gasteiger partial charge in [0.1, 0.15) is 11.5 Å². The van der Waals surface area contributed by atoms with Crippen molar-refractivity contribution in [3.05, 3.63) is 35.8 Å². The van der Waals surface area contributed by atoms with E-state index in [1.165, 1.54) is 0 Å². The molecule has 0 aromatic heterocycles. The molecule has 14 heavy (non-hydrogen) atoms. The minimum absolute atomic E-state index is 0.229. The predicted octanol–water partition coefficient (Wildman–Crippen LogP) is 2.84. The van der Waals surface area contributed by atoms with E-state index in [0.29, 0.717) is 0 Å². The molecule has 0 aliphatic carbocycles. The molecule has 1 aromatic rings. The van der Waals surface area contributed by atoms with Crippen LogP contribution in [-0.2, 0) is 0 Å². The van der Waals surface area contributed by atoms with E-state index in [4.69, 9.17) is 9.31 Å².